The fourth-order valence-electron chi connectivity index (χ4n) is 2.03. The van der Waals surface area contributed by atoms with Crippen molar-refractivity contribution < 1.29 is 13.9 Å². The highest BCUT2D eigenvalue weighted by Crippen LogP contribution is 2.26. The van der Waals surface area contributed by atoms with Gasteiger partial charge in [0.25, 0.3) is 0 Å². The van der Waals surface area contributed by atoms with Crippen LogP contribution in [0.5, 0.6) is 0 Å². The Morgan fingerprint density at radius 1 is 1.40 bits per heavy atom. The lowest BCUT2D eigenvalue weighted by Gasteiger charge is -2.05. The van der Waals surface area contributed by atoms with E-state index in [2.05, 4.69) is 10.3 Å². The molecule has 1 aliphatic heterocycles. The van der Waals surface area contributed by atoms with Crippen LogP contribution in [-0.4, -0.2) is 24.1 Å². The number of hydrogen-bond acceptors (Lipinski definition) is 4. The molecule has 1 aromatic heterocycles. The number of aromatic nitrogens is 1. The van der Waals surface area contributed by atoms with Crippen molar-refractivity contribution in [1.29, 1.82) is 0 Å². The Balaban J connectivity index is 1.70. The smallest absolute Gasteiger partial charge is 0.231 e. The molecule has 1 fully saturated rings. The van der Waals surface area contributed by atoms with Gasteiger partial charge in [-0.15, -0.1) is 11.3 Å². The maximum atomic E-state index is 12.9. The first-order valence-electron chi connectivity index (χ1n) is 6.32. The molecule has 1 unspecified atom stereocenters. The SMILES string of the molecule is O=C(Nc1nc(-c2ccc(F)cc2)cs1)C1CCOC1. The van der Waals surface area contributed by atoms with Crippen LogP contribution < -0.4 is 5.32 Å². The van der Waals surface area contributed by atoms with Gasteiger partial charge in [0, 0.05) is 17.6 Å². The molecule has 2 aromatic rings. The van der Waals surface area contributed by atoms with Crippen molar-refractivity contribution in [2.75, 3.05) is 18.5 Å². The first kappa shape index (κ1) is 13.2. The molecule has 3 rings (SSSR count). The zero-order chi connectivity index (χ0) is 13.9. The van der Waals surface area contributed by atoms with Crippen molar-refractivity contribution in [1.82, 2.24) is 4.98 Å². The standard InChI is InChI=1S/C14H13FN2O2S/c15-11-3-1-9(2-4-11)12-8-20-14(16-12)17-13(18)10-5-6-19-7-10/h1-4,8,10H,5-7H2,(H,16,17,18). The highest BCUT2D eigenvalue weighted by atomic mass is 32.1. The second-order valence-electron chi connectivity index (χ2n) is 4.59. The predicted octanol–water partition coefficient (Wildman–Crippen LogP) is 2.92. The van der Waals surface area contributed by atoms with E-state index >= 15 is 0 Å². The fraction of sp³-hybridized carbons (Fsp3) is 0.286. The molecule has 6 heteroatoms. The van der Waals surface area contributed by atoms with Gasteiger partial charge in [0.15, 0.2) is 5.13 Å². The number of hydrogen-bond donors (Lipinski definition) is 1. The van der Waals surface area contributed by atoms with Crippen molar-refractivity contribution in [2.45, 2.75) is 6.42 Å². The molecular weight excluding hydrogens is 279 g/mol. The zero-order valence-corrected chi connectivity index (χ0v) is 11.5. The van der Waals surface area contributed by atoms with Crippen LogP contribution in [0.2, 0.25) is 0 Å². The second kappa shape index (κ2) is 5.68. The van der Waals surface area contributed by atoms with Crippen molar-refractivity contribution in [2.24, 2.45) is 5.92 Å². The summed E-state index contributed by atoms with van der Waals surface area (Å²) in [5.74, 6) is -0.422. The van der Waals surface area contributed by atoms with Crippen molar-refractivity contribution >= 4 is 22.4 Å². The lowest BCUT2D eigenvalue weighted by molar-refractivity contribution is -0.119. The summed E-state index contributed by atoms with van der Waals surface area (Å²) in [6.07, 6.45) is 0.752. The summed E-state index contributed by atoms with van der Waals surface area (Å²) in [5, 5.41) is 5.20. The molecule has 1 amide bonds. The predicted molar refractivity (Wildman–Crippen MR) is 75.1 cm³/mol. The third-order valence-corrected chi connectivity index (χ3v) is 3.93. The summed E-state index contributed by atoms with van der Waals surface area (Å²) in [6.45, 7) is 1.11. The molecule has 2 heterocycles. The average Bonchev–Trinajstić information content (AvgIpc) is 3.10. The molecule has 0 saturated carbocycles. The third kappa shape index (κ3) is 2.86. The van der Waals surface area contributed by atoms with Crippen molar-refractivity contribution in [3.8, 4) is 11.3 Å². The number of ether oxygens (including phenoxy) is 1. The molecule has 0 aliphatic carbocycles. The van der Waals surface area contributed by atoms with Crippen molar-refractivity contribution in [3.63, 3.8) is 0 Å². The number of carbonyl (C=O) groups is 1. The Morgan fingerprint density at radius 3 is 2.90 bits per heavy atom. The van der Waals surface area contributed by atoms with E-state index in [1.165, 1.54) is 23.5 Å². The molecule has 1 atom stereocenters. The minimum absolute atomic E-state index is 0.0532. The zero-order valence-electron chi connectivity index (χ0n) is 10.6. The average molecular weight is 292 g/mol. The van der Waals surface area contributed by atoms with E-state index in [9.17, 15) is 9.18 Å². The van der Waals surface area contributed by atoms with Gasteiger partial charge in [0.1, 0.15) is 5.82 Å². The number of nitrogens with zero attached hydrogens (tertiary/aromatic N) is 1. The number of anilines is 1. The van der Waals surface area contributed by atoms with Crippen LogP contribution in [0.25, 0.3) is 11.3 Å². The summed E-state index contributed by atoms with van der Waals surface area (Å²) in [4.78, 5) is 16.3. The van der Waals surface area contributed by atoms with Gasteiger partial charge in [-0.05, 0) is 30.7 Å². The van der Waals surface area contributed by atoms with E-state index in [1.807, 2.05) is 5.38 Å². The minimum atomic E-state index is -0.279. The molecule has 0 spiro atoms. The van der Waals surface area contributed by atoms with E-state index in [4.69, 9.17) is 4.74 Å². The van der Waals surface area contributed by atoms with Gasteiger partial charge in [0.05, 0.1) is 18.2 Å². The normalized spacial score (nSPS) is 18.1. The van der Waals surface area contributed by atoms with Gasteiger partial charge in [-0.2, -0.15) is 0 Å². The molecule has 20 heavy (non-hydrogen) atoms. The largest absolute Gasteiger partial charge is 0.381 e. The summed E-state index contributed by atoms with van der Waals surface area (Å²) < 4.78 is 18.1. The lowest BCUT2D eigenvalue weighted by atomic mass is 10.1. The van der Waals surface area contributed by atoms with Gasteiger partial charge in [-0.3, -0.25) is 4.79 Å². The number of benzene rings is 1. The summed E-state index contributed by atoms with van der Waals surface area (Å²) >= 11 is 1.36. The quantitative estimate of drug-likeness (QED) is 0.946. The number of rotatable bonds is 3. The van der Waals surface area contributed by atoms with Crippen LogP contribution in [0.1, 0.15) is 6.42 Å². The van der Waals surface area contributed by atoms with Gasteiger partial charge in [-0.25, -0.2) is 9.37 Å². The van der Waals surface area contributed by atoms with Gasteiger partial charge >= 0.3 is 0 Å². The molecular formula is C14H13FN2O2S. The Hall–Kier alpha value is -1.79. The number of nitrogens with one attached hydrogen (secondary N) is 1. The monoisotopic (exact) mass is 292 g/mol. The number of thiazole rings is 1. The van der Waals surface area contributed by atoms with E-state index in [0.29, 0.717) is 18.3 Å². The van der Waals surface area contributed by atoms with Crippen LogP contribution in [-0.2, 0) is 9.53 Å². The Labute approximate surface area is 119 Å². The first-order chi connectivity index (χ1) is 9.72. The molecule has 4 nitrogen and oxygen atoms in total. The fourth-order valence-corrected chi connectivity index (χ4v) is 2.76. The summed E-state index contributed by atoms with van der Waals surface area (Å²) in [6, 6.07) is 6.12. The van der Waals surface area contributed by atoms with Gasteiger partial charge in [-0.1, -0.05) is 0 Å². The Kier molecular flexibility index (Phi) is 3.75. The number of halogens is 1. The minimum Gasteiger partial charge on any atom is -0.381 e. The molecule has 1 saturated heterocycles. The number of carbonyl (C=O) groups excluding carboxylic acids is 1. The molecule has 0 radical (unpaired) electrons. The molecule has 0 bridgehead atoms. The maximum absolute atomic E-state index is 12.9. The van der Waals surface area contributed by atoms with Crippen LogP contribution in [0.15, 0.2) is 29.6 Å². The van der Waals surface area contributed by atoms with Crippen LogP contribution in [0.3, 0.4) is 0 Å². The highest BCUT2D eigenvalue weighted by Gasteiger charge is 2.24. The molecule has 1 aromatic carbocycles. The van der Waals surface area contributed by atoms with Crippen LogP contribution in [0.4, 0.5) is 9.52 Å². The topological polar surface area (TPSA) is 51.2 Å². The highest BCUT2D eigenvalue weighted by molar-refractivity contribution is 7.14. The van der Waals surface area contributed by atoms with Crippen LogP contribution >= 0.6 is 11.3 Å². The number of amides is 1. The first-order valence-corrected chi connectivity index (χ1v) is 7.20. The summed E-state index contributed by atoms with van der Waals surface area (Å²) in [5.41, 5.74) is 1.56. The van der Waals surface area contributed by atoms with Crippen LogP contribution in [0, 0.1) is 11.7 Å². The van der Waals surface area contributed by atoms with E-state index < -0.39 is 0 Å². The second-order valence-corrected chi connectivity index (χ2v) is 5.45. The maximum Gasteiger partial charge on any atom is 0.231 e. The Bertz CT molecular complexity index is 606. The van der Waals surface area contributed by atoms with E-state index in [-0.39, 0.29) is 17.6 Å². The van der Waals surface area contributed by atoms with E-state index in [1.54, 1.807) is 12.1 Å². The summed E-state index contributed by atoms with van der Waals surface area (Å²) in [7, 11) is 0. The lowest BCUT2D eigenvalue weighted by Crippen LogP contribution is -2.22. The van der Waals surface area contributed by atoms with Crippen molar-refractivity contribution in [3.05, 3.63) is 35.5 Å². The third-order valence-electron chi connectivity index (χ3n) is 3.17. The Morgan fingerprint density at radius 2 is 2.20 bits per heavy atom. The molecule has 1 N–H and O–H groups in total. The molecule has 104 valence electrons. The van der Waals surface area contributed by atoms with E-state index in [0.717, 1.165) is 17.7 Å². The van der Waals surface area contributed by atoms with Gasteiger partial charge in [0.2, 0.25) is 5.91 Å². The van der Waals surface area contributed by atoms with Gasteiger partial charge < -0.3 is 10.1 Å². The molecule has 1 aliphatic rings.